The molecule has 0 aliphatic carbocycles. The highest BCUT2D eigenvalue weighted by Gasteiger charge is 2.31. The second kappa shape index (κ2) is 6.84. The van der Waals surface area contributed by atoms with E-state index in [2.05, 4.69) is 23.9 Å². The van der Waals surface area contributed by atoms with Crippen LogP contribution in [0.1, 0.15) is 34.1 Å². The van der Waals surface area contributed by atoms with Gasteiger partial charge in [-0.2, -0.15) is 12.7 Å². The topological polar surface area (TPSA) is 61.4 Å². The Hall–Kier alpha value is -0.170. The van der Waals surface area contributed by atoms with Crippen molar-refractivity contribution in [2.24, 2.45) is 11.8 Å². The van der Waals surface area contributed by atoms with Crippen molar-refractivity contribution in [1.82, 2.24) is 14.3 Å². The third-order valence-corrected chi connectivity index (χ3v) is 4.89. The van der Waals surface area contributed by atoms with E-state index < -0.39 is 10.2 Å². The molecule has 1 saturated heterocycles. The van der Waals surface area contributed by atoms with Crippen LogP contribution < -0.4 is 10.0 Å². The van der Waals surface area contributed by atoms with Gasteiger partial charge in [0.25, 0.3) is 10.2 Å². The number of piperidine rings is 1. The van der Waals surface area contributed by atoms with E-state index in [1.807, 2.05) is 13.8 Å². The molecule has 5 nitrogen and oxygen atoms in total. The van der Waals surface area contributed by atoms with Crippen LogP contribution in [0.5, 0.6) is 0 Å². The first kappa shape index (κ1) is 15.9. The first-order valence-corrected chi connectivity index (χ1v) is 8.29. The van der Waals surface area contributed by atoms with Gasteiger partial charge in [0.1, 0.15) is 0 Å². The number of hydrogen-bond acceptors (Lipinski definition) is 3. The lowest BCUT2D eigenvalue weighted by molar-refractivity contribution is 0.220. The molecule has 2 unspecified atom stereocenters. The quantitative estimate of drug-likeness (QED) is 0.755. The van der Waals surface area contributed by atoms with Crippen molar-refractivity contribution in [3.8, 4) is 0 Å². The highest BCUT2D eigenvalue weighted by Crippen LogP contribution is 2.18. The van der Waals surface area contributed by atoms with Crippen molar-refractivity contribution in [1.29, 1.82) is 0 Å². The summed E-state index contributed by atoms with van der Waals surface area (Å²) in [6.45, 7) is 10.8. The summed E-state index contributed by atoms with van der Waals surface area (Å²) in [6.07, 6.45) is 0.887. The van der Waals surface area contributed by atoms with Crippen LogP contribution >= 0.6 is 0 Å². The van der Waals surface area contributed by atoms with Crippen LogP contribution in [0.2, 0.25) is 0 Å². The van der Waals surface area contributed by atoms with Crippen molar-refractivity contribution in [2.75, 3.05) is 26.2 Å². The Morgan fingerprint density at radius 3 is 2.56 bits per heavy atom. The molecule has 0 spiro atoms. The SMILES string of the molecule is CCNC1CCN(S(=O)(=O)NCC(C)C)CC1C. The minimum atomic E-state index is -3.29. The van der Waals surface area contributed by atoms with Gasteiger partial charge in [0, 0.05) is 25.7 Å². The Morgan fingerprint density at radius 2 is 2.06 bits per heavy atom. The zero-order valence-corrected chi connectivity index (χ0v) is 12.8. The Balaban J connectivity index is 2.54. The Morgan fingerprint density at radius 1 is 1.39 bits per heavy atom. The largest absolute Gasteiger partial charge is 0.314 e. The van der Waals surface area contributed by atoms with E-state index in [9.17, 15) is 8.42 Å². The number of hydrogen-bond donors (Lipinski definition) is 2. The fourth-order valence-corrected chi connectivity index (χ4v) is 3.76. The molecule has 2 atom stereocenters. The van der Waals surface area contributed by atoms with E-state index in [1.165, 1.54) is 0 Å². The predicted octanol–water partition coefficient (Wildman–Crippen LogP) is 0.797. The summed E-state index contributed by atoms with van der Waals surface area (Å²) in [4.78, 5) is 0. The molecule has 18 heavy (non-hydrogen) atoms. The predicted molar refractivity (Wildman–Crippen MR) is 74.6 cm³/mol. The molecular weight excluding hydrogens is 250 g/mol. The van der Waals surface area contributed by atoms with Crippen molar-refractivity contribution in [2.45, 2.75) is 40.2 Å². The Bertz CT molecular complexity index is 343. The van der Waals surface area contributed by atoms with E-state index >= 15 is 0 Å². The van der Waals surface area contributed by atoms with Gasteiger partial charge in [-0.1, -0.05) is 27.7 Å². The summed E-state index contributed by atoms with van der Waals surface area (Å²) in [5.41, 5.74) is 0. The molecular formula is C12H27N3O2S. The van der Waals surface area contributed by atoms with Crippen molar-refractivity contribution >= 4 is 10.2 Å². The lowest BCUT2D eigenvalue weighted by atomic mass is 9.95. The van der Waals surface area contributed by atoms with Gasteiger partial charge >= 0.3 is 0 Å². The third kappa shape index (κ3) is 4.50. The molecule has 1 aliphatic heterocycles. The fourth-order valence-electron chi connectivity index (χ4n) is 2.25. The maximum atomic E-state index is 12.1. The highest BCUT2D eigenvalue weighted by atomic mass is 32.2. The summed E-state index contributed by atoms with van der Waals surface area (Å²) in [6, 6.07) is 0.437. The molecule has 0 saturated carbocycles. The summed E-state index contributed by atoms with van der Waals surface area (Å²) >= 11 is 0. The standard InChI is InChI=1S/C12H27N3O2S/c1-5-13-12-6-7-15(9-11(12)4)18(16,17)14-8-10(2)3/h10-14H,5-9H2,1-4H3. The molecule has 2 N–H and O–H groups in total. The fraction of sp³-hybridized carbons (Fsp3) is 1.00. The van der Waals surface area contributed by atoms with Gasteiger partial charge in [0.05, 0.1) is 0 Å². The minimum Gasteiger partial charge on any atom is -0.314 e. The lowest BCUT2D eigenvalue weighted by Crippen LogP contribution is -2.53. The summed E-state index contributed by atoms with van der Waals surface area (Å²) in [5, 5.41) is 3.41. The Labute approximate surface area is 112 Å². The molecule has 0 bridgehead atoms. The summed E-state index contributed by atoms with van der Waals surface area (Å²) in [7, 11) is -3.29. The van der Waals surface area contributed by atoms with Crippen LogP contribution in [0.4, 0.5) is 0 Å². The molecule has 1 aliphatic rings. The van der Waals surface area contributed by atoms with E-state index in [4.69, 9.17) is 0 Å². The minimum absolute atomic E-state index is 0.330. The summed E-state index contributed by atoms with van der Waals surface area (Å²) < 4.78 is 28.4. The molecule has 108 valence electrons. The summed E-state index contributed by atoms with van der Waals surface area (Å²) in [5.74, 6) is 0.686. The van der Waals surface area contributed by atoms with Gasteiger partial charge in [-0.3, -0.25) is 0 Å². The van der Waals surface area contributed by atoms with Crippen molar-refractivity contribution in [3.63, 3.8) is 0 Å². The van der Waals surface area contributed by atoms with E-state index in [0.29, 0.717) is 37.5 Å². The maximum Gasteiger partial charge on any atom is 0.279 e. The van der Waals surface area contributed by atoms with E-state index in [0.717, 1.165) is 13.0 Å². The highest BCUT2D eigenvalue weighted by molar-refractivity contribution is 7.87. The van der Waals surface area contributed by atoms with Crippen LogP contribution in [0, 0.1) is 11.8 Å². The van der Waals surface area contributed by atoms with Crippen LogP contribution in [-0.2, 0) is 10.2 Å². The first-order chi connectivity index (χ1) is 8.36. The van der Waals surface area contributed by atoms with Gasteiger partial charge in [-0.05, 0) is 24.8 Å². The average Bonchev–Trinajstić information content (AvgIpc) is 2.29. The zero-order chi connectivity index (χ0) is 13.8. The van der Waals surface area contributed by atoms with E-state index in [1.54, 1.807) is 4.31 Å². The van der Waals surface area contributed by atoms with Gasteiger partial charge < -0.3 is 5.32 Å². The van der Waals surface area contributed by atoms with Crippen LogP contribution in [-0.4, -0.2) is 44.9 Å². The van der Waals surface area contributed by atoms with Crippen LogP contribution in [0.25, 0.3) is 0 Å². The first-order valence-electron chi connectivity index (χ1n) is 6.85. The average molecular weight is 277 g/mol. The molecule has 1 heterocycles. The van der Waals surface area contributed by atoms with Crippen LogP contribution in [0.15, 0.2) is 0 Å². The van der Waals surface area contributed by atoms with Crippen LogP contribution in [0.3, 0.4) is 0 Å². The lowest BCUT2D eigenvalue weighted by Gasteiger charge is -2.36. The number of rotatable bonds is 6. The monoisotopic (exact) mass is 277 g/mol. The van der Waals surface area contributed by atoms with Crippen molar-refractivity contribution < 1.29 is 8.42 Å². The second-order valence-electron chi connectivity index (χ2n) is 5.54. The van der Waals surface area contributed by atoms with Gasteiger partial charge in [0.2, 0.25) is 0 Å². The number of nitrogens with zero attached hydrogens (tertiary/aromatic N) is 1. The maximum absolute atomic E-state index is 12.1. The molecule has 0 aromatic heterocycles. The Kier molecular flexibility index (Phi) is 6.04. The van der Waals surface area contributed by atoms with Gasteiger partial charge in [0.15, 0.2) is 0 Å². The third-order valence-electron chi connectivity index (χ3n) is 3.35. The normalized spacial score (nSPS) is 26.7. The molecule has 0 aromatic rings. The molecule has 1 fully saturated rings. The van der Waals surface area contributed by atoms with Gasteiger partial charge in [-0.15, -0.1) is 0 Å². The number of nitrogens with one attached hydrogen (secondary N) is 2. The molecule has 0 amide bonds. The van der Waals surface area contributed by atoms with Crippen molar-refractivity contribution in [3.05, 3.63) is 0 Å². The zero-order valence-electron chi connectivity index (χ0n) is 11.9. The molecule has 0 aromatic carbocycles. The van der Waals surface area contributed by atoms with E-state index in [-0.39, 0.29) is 0 Å². The molecule has 6 heteroatoms. The molecule has 0 radical (unpaired) electrons. The van der Waals surface area contributed by atoms with Gasteiger partial charge in [-0.25, -0.2) is 4.72 Å². The smallest absolute Gasteiger partial charge is 0.279 e. The second-order valence-corrected chi connectivity index (χ2v) is 7.29. The molecule has 1 rings (SSSR count).